The summed E-state index contributed by atoms with van der Waals surface area (Å²) in [7, 11) is 0. The van der Waals surface area contributed by atoms with Crippen molar-refractivity contribution in [2.45, 2.75) is 6.92 Å². The zero-order valence-electron chi connectivity index (χ0n) is 8.07. The van der Waals surface area contributed by atoms with Crippen molar-refractivity contribution < 1.29 is 9.53 Å². The Balaban J connectivity index is 2.87. The summed E-state index contributed by atoms with van der Waals surface area (Å²) in [6.45, 7) is 5.02. The van der Waals surface area contributed by atoms with E-state index in [1.54, 1.807) is 6.08 Å². The molecule has 0 atom stereocenters. The highest BCUT2D eigenvalue weighted by molar-refractivity contribution is 5.75. The fourth-order valence-electron chi connectivity index (χ4n) is 1.01. The van der Waals surface area contributed by atoms with Gasteiger partial charge in [0.1, 0.15) is 6.26 Å². The van der Waals surface area contributed by atoms with E-state index in [-0.39, 0.29) is 5.97 Å². The molecular weight excluding hydrogens is 176 g/mol. The van der Waals surface area contributed by atoms with E-state index in [4.69, 9.17) is 4.74 Å². The van der Waals surface area contributed by atoms with Crippen molar-refractivity contribution >= 4 is 11.5 Å². The molecule has 1 rings (SSSR count). The molecule has 0 spiro atoms. The summed E-state index contributed by atoms with van der Waals surface area (Å²) in [5.74, 6) is -0.333. The minimum absolute atomic E-state index is 0.333. The Labute approximate surface area is 83.5 Å². The fraction of sp³-hybridized carbons (Fsp3) is 0.0833. The molecule has 14 heavy (non-hydrogen) atoms. The van der Waals surface area contributed by atoms with Gasteiger partial charge in [0.15, 0.2) is 0 Å². The predicted octanol–water partition coefficient (Wildman–Crippen LogP) is 2.78. The Morgan fingerprint density at radius 3 is 2.50 bits per heavy atom. The number of carbonyl (C=O) groups excluding carboxylic acids is 1. The molecule has 0 saturated heterocycles. The lowest BCUT2D eigenvalue weighted by Gasteiger charge is -2.01. The lowest BCUT2D eigenvalue weighted by molar-refractivity contribution is -0.135. The van der Waals surface area contributed by atoms with Crippen LogP contribution in [0.5, 0.6) is 0 Å². The molecule has 0 unspecified atom stereocenters. The third kappa shape index (κ3) is 2.90. The largest absolute Gasteiger partial charge is 0.434 e. The van der Waals surface area contributed by atoms with E-state index in [1.807, 2.05) is 30.3 Å². The Hall–Kier alpha value is -1.83. The van der Waals surface area contributed by atoms with Crippen LogP contribution in [0.25, 0.3) is 5.57 Å². The van der Waals surface area contributed by atoms with Gasteiger partial charge in [-0.05, 0) is 5.56 Å². The first-order valence-corrected chi connectivity index (χ1v) is 4.29. The van der Waals surface area contributed by atoms with Crippen molar-refractivity contribution in [3.63, 3.8) is 0 Å². The van der Waals surface area contributed by atoms with E-state index in [9.17, 15) is 4.79 Å². The monoisotopic (exact) mass is 188 g/mol. The van der Waals surface area contributed by atoms with E-state index >= 15 is 0 Å². The first kappa shape index (κ1) is 10.3. The summed E-state index contributed by atoms with van der Waals surface area (Å²) in [6, 6.07) is 9.62. The Bertz CT molecular complexity index is 350. The molecule has 0 bridgehead atoms. The highest BCUT2D eigenvalue weighted by Crippen LogP contribution is 2.14. The number of carbonyl (C=O) groups is 1. The maximum absolute atomic E-state index is 10.6. The van der Waals surface area contributed by atoms with E-state index < -0.39 is 0 Å². The van der Waals surface area contributed by atoms with Gasteiger partial charge in [-0.2, -0.15) is 0 Å². The van der Waals surface area contributed by atoms with Crippen molar-refractivity contribution in [1.82, 2.24) is 0 Å². The van der Waals surface area contributed by atoms with Gasteiger partial charge >= 0.3 is 5.97 Å². The number of ether oxygens (including phenoxy) is 1. The van der Waals surface area contributed by atoms with Gasteiger partial charge in [-0.25, -0.2) is 0 Å². The lowest BCUT2D eigenvalue weighted by atomic mass is 10.1. The second-order valence-corrected chi connectivity index (χ2v) is 2.75. The Kier molecular flexibility index (Phi) is 3.68. The molecule has 2 nitrogen and oxygen atoms in total. The normalized spacial score (nSPS) is 10.8. The van der Waals surface area contributed by atoms with Gasteiger partial charge in [0, 0.05) is 12.5 Å². The molecular formula is C12H12O2. The Morgan fingerprint density at radius 2 is 2.00 bits per heavy atom. The number of allylic oxidation sites excluding steroid dienone is 2. The zero-order chi connectivity index (χ0) is 10.4. The highest BCUT2D eigenvalue weighted by Gasteiger charge is 1.97. The van der Waals surface area contributed by atoms with Crippen LogP contribution in [0.15, 0.2) is 49.2 Å². The smallest absolute Gasteiger partial charge is 0.307 e. The molecule has 1 aromatic rings. The van der Waals surface area contributed by atoms with Crippen molar-refractivity contribution in [2.75, 3.05) is 0 Å². The van der Waals surface area contributed by atoms with Gasteiger partial charge < -0.3 is 4.74 Å². The van der Waals surface area contributed by atoms with Gasteiger partial charge in [-0.1, -0.05) is 43.0 Å². The van der Waals surface area contributed by atoms with Crippen LogP contribution in [0.1, 0.15) is 12.5 Å². The SMILES string of the molecule is C=C/C(=C/OC(C)=O)c1ccccc1. The van der Waals surface area contributed by atoms with Crippen molar-refractivity contribution in [3.8, 4) is 0 Å². The van der Waals surface area contributed by atoms with Crippen molar-refractivity contribution in [1.29, 1.82) is 0 Å². The van der Waals surface area contributed by atoms with Crippen LogP contribution < -0.4 is 0 Å². The summed E-state index contributed by atoms with van der Waals surface area (Å²) in [5, 5.41) is 0. The summed E-state index contributed by atoms with van der Waals surface area (Å²) in [5.41, 5.74) is 1.77. The van der Waals surface area contributed by atoms with Gasteiger partial charge in [0.2, 0.25) is 0 Å². The third-order valence-electron chi connectivity index (χ3n) is 1.68. The van der Waals surface area contributed by atoms with E-state index in [0.29, 0.717) is 0 Å². The number of rotatable bonds is 3. The van der Waals surface area contributed by atoms with E-state index in [0.717, 1.165) is 11.1 Å². The molecule has 0 aromatic heterocycles. The topological polar surface area (TPSA) is 26.3 Å². The Morgan fingerprint density at radius 1 is 1.36 bits per heavy atom. The standard InChI is InChI=1S/C12H12O2/c1-3-11(9-14-10(2)13)12-7-5-4-6-8-12/h3-9H,1H2,2H3/b11-9-. The van der Waals surface area contributed by atoms with Gasteiger partial charge in [0.05, 0.1) is 0 Å². The van der Waals surface area contributed by atoms with E-state index in [2.05, 4.69) is 6.58 Å². The maximum atomic E-state index is 10.6. The molecule has 0 aliphatic carbocycles. The second-order valence-electron chi connectivity index (χ2n) is 2.75. The third-order valence-corrected chi connectivity index (χ3v) is 1.68. The van der Waals surface area contributed by atoms with Crippen LogP contribution in [0.2, 0.25) is 0 Å². The molecule has 72 valence electrons. The lowest BCUT2D eigenvalue weighted by Crippen LogP contribution is -1.91. The molecule has 0 aliphatic heterocycles. The van der Waals surface area contributed by atoms with Crippen LogP contribution in [0.3, 0.4) is 0 Å². The summed E-state index contributed by atoms with van der Waals surface area (Å²) in [4.78, 5) is 10.6. The quantitative estimate of drug-likeness (QED) is 0.414. The number of esters is 1. The predicted molar refractivity (Wildman–Crippen MR) is 56.4 cm³/mol. The van der Waals surface area contributed by atoms with Gasteiger partial charge in [-0.3, -0.25) is 4.79 Å². The molecule has 0 fully saturated rings. The summed E-state index contributed by atoms with van der Waals surface area (Å²) < 4.78 is 4.78. The maximum Gasteiger partial charge on any atom is 0.307 e. The molecule has 0 amide bonds. The zero-order valence-corrected chi connectivity index (χ0v) is 8.07. The van der Waals surface area contributed by atoms with Crippen molar-refractivity contribution in [2.24, 2.45) is 0 Å². The average Bonchev–Trinajstić information content (AvgIpc) is 2.20. The molecule has 0 saturated carbocycles. The van der Waals surface area contributed by atoms with Gasteiger partial charge in [0.25, 0.3) is 0 Å². The van der Waals surface area contributed by atoms with Gasteiger partial charge in [-0.15, -0.1) is 0 Å². The van der Waals surface area contributed by atoms with Crippen LogP contribution in [-0.2, 0) is 9.53 Å². The average molecular weight is 188 g/mol. The van der Waals surface area contributed by atoms with Crippen LogP contribution >= 0.6 is 0 Å². The molecule has 0 N–H and O–H groups in total. The summed E-state index contributed by atoms with van der Waals surface area (Å²) >= 11 is 0. The first-order chi connectivity index (χ1) is 6.74. The summed E-state index contributed by atoms with van der Waals surface area (Å²) in [6.07, 6.45) is 3.06. The second kappa shape index (κ2) is 5.02. The highest BCUT2D eigenvalue weighted by atomic mass is 16.5. The van der Waals surface area contributed by atoms with Crippen LogP contribution in [0.4, 0.5) is 0 Å². The van der Waals surface area contributed by atoms with Crippen LogP contribution in [-0.4, -0.2) is 5.97 Å². The van der Waals surface area contributed by atoms with Crippen molar-refractivity contribution in [3.05, 3.63) is 54.8 Å². The number of benzene rings is 1. The molecule has 0 radical (unpaired) electrons. The van der Waals surface area contributed by atoms with E-state index in [1.165, 1.54) is 13.2 Å². The molecule has 2 heteroatoms. The molecule has 1 aromatic carbocycles. The number of hydrogen-bond acceptors (Lipinski definition) is 2. The molecule has 0 aliphatic rings. The molecule has 0 heterocycles. The minimum Gasteiger partial charge on any atom is -0.434 e. The fourth-order valence-corrected chi connectivity index (χ4v) is 1.01. The minimum atomic E-state index is -0.333. The van der Waals surface area contributed by atoms with Crippen LogP contribution in [0, 0.1) is 0 Å². The first-order valence-electron chi connectivity index (χ1n) is 4.29. The number of hydrogen-bond donors (Lipinski definition) is 0.